The first-order chi connectivity index (χ1) is 16.5. The fraction of sp³-hybridized carbons (Fsp3) is 0.207. The van der Waals surface area contributed by atoms with Crippen molar-refractivity contribution in [2.45, 2.75) is 19.3 Å². The van der Waals surface area contributed by atoms with Crippen LogP contribution in [0.2, 0.25) is 0 Å². The summed E-state index contributed by atoms with van der Waals surface area (Å²) < 4.78 is 5.80. The molecule has 0 bridgehead atoms. The first-order valence-corrected chi connectivity index (χ1v) is 11.5. The molecule has 0 unspecified atom stereocenters. The number of carbonyl (C=O) groups excluding carboxylic acids is 3. The fourth-order valence-corrected chi connectivity index (χ4v) is 5.02. The first-order valence-electron chi connectivity index (χ1n) is 11.5. The quantitative estimate of drug-likeness (QED) is 0.234. The SMILES string of the molecule is C[C@@H]1C=CC[C@@H]2C(=O)N(c3cccc(OC(=O)C(c4ccccc4)c4ccccc4)c3)C(=O)[C@H]12. The van der Waals surface area contributed by atoms with Crippen molar-refractivity contribution in [1.82, 2.24) is 0 Å². The number of nitrogens with zero attached hydrogens (tertiary/aromatic N) is 1. The van der Waals surface area contributed by atoms with Crippen molar-refractivity contribution < 1.29 is 19.1 Å². The molecule has 0 N–H and O–H groups in total. The fourth-order valence-electron chi connectivity index (χ4n) is 5.02. The lowest BCUT2D eigenvalue weighted by molar-refractivity contribution is -0.135. The van der Waals surface area contributed by atoms with Crippen LogP contribution in [-0.4, -0.2) is 17.8 Å². The molecular weight excluding hydrogens is 426 g/mol. The van der Waals surface area contributed by atoms with E-state index in [1.54, 1.807) is 24.3 Å². The predicted molar refractivity (Wildman–Crippen MR) is 129 cm³/mol. The Hall–Kier alpha value is -3.99. The third-order valence-electron chi connectivity index (χ3n) is 6.67. The summed E-state index contributed by atoms with van der Waals surface area (Å²) in [5, 5.41) is 0. The van der Waals surface area contributed by atoms with E-state index in [0.717, 1.165) is 11.1 Å². The number of carbonyl (C=O) groups is 3. The van der Waals surface area contributed by atoms with Crippen LogP contribution in [0.5, 0.6) is 5.75 Å². The summed E-state index contributed by atoms with van der Waals surface area (Å²) in [5.41, 5.74) is 2.08. The molecule has 0 aromatic heterocycles. The summed E-state index contributed by atoms with van der Waals surface area (Å²) in [6.07, 6.45) is 4.55. The Balaban J connectivity index is 1.42. The van der Waals surface area contributed by atoms with E-state index < -0.39 is 11.9 Å². The second-order valence-corrected chi connectivity index (χ2v) is 8.84. The molecule has 2 aliphatic rings. The zero-order chi connectivity index (χ0) is 23.7. The summed E-state index contributed by atoms with van der Waals surface area (Å²) >= 11 is 0. The molecule has 1 aliphatic heterocycles. The second kappa shape index (κ2) is 9.10. The van der Waals surface area contributed by atoms with Gasteiger partial charge in [0.2, 0.25) is 11.8 Å². The topological polar surface area (TPSA) is 63.7 Å². The van der Waals surface area contributed by atoms with Crippen LogP contribution in [0.25, 0.3) is 0 Å². The van der Waals surface area contributed by atoms with E-state index in [2.05, 4.69) is 0 Å². The number of esters is 1. The van der Waals surface area contributed by atoms with Crippen LogP contribution in [0.1, 0.15) is 30.4 Å². The van der Waals surface area contributed by atoms with Gasteiger partial charge in [-0.15, -0.1) is 0 Å². The molecule has 3 aromatic rings. The molecular formula is C29H25NO4. The summed E-state index contributed by atoms with van der Waals surface area (Å²) in [4.78, 5) is 40.8. The Kier molecular flexibility index (Phi) is 5.84. The zero-order valence-corrected chi connectivity index (χ0v) is 18.8. The number of anilines is 1. The summed E-state index contributed by atoms with van der Waals surface area (Å²) in [5.74, 6) is -1.79. The molecule has 0 radical (unpaired) electrons. The Bertz CT molecular complexity index is 1210. The molecule has 34 heavy (non-hydrogen) atoms. The smallest absolute Gasteiger partial charge is 0.323 e. The molecule has 5 nitrogen and oxygen atoms in total. The van der Waals surface area contributed by atoms with Gasteiger partial charge in [-0.1, -0.05) is 85.8 Å². The first kappa shape index (κ1) is 21.8. The van der Waals surface area contributed by atoms with Gasteiger partial charge in [-0.25, -0.2) is 4.90 Å². The second-order valence-electron chi connectivity index (χ2n) is 8.84. The van der Waals surface area contributed by atoms with E-state index in [0.29, 0.717) is 17.9 Å². The van der Waals surface area contributed by atoms with Gasteiger partial charge in [0, 0.05) is 6.07 Å². The van der Waals surface area contributed by atoms with E-state index in [4.69, 9.17) is 4.74 Å². The van der Waals surface area contributed by atoms with E-state index in [1.165, 1.54) is 4.90 Å². The molecule has 2 amide bonds. The van der Waals surface area contributed by atoms with E-state index in [-0.39, 0.29) is 29.6 Å². The standard InChI is InChI=1S/C29H25NO4/c1-19-10-8-17-24-25(19)28(32)30(27(24)31)22-15-9-16-23(18-22)34-29(33)26(20-11-4-2-5-12-20)21-13-6-3-7-14-21/h2-16,18-19,24-26H,17H2,1H3/t19-,24+,25-/m1/s1. The maximum atomic E-state index is 13.3. The maximum absolute atomic E-state index is 13.3. The molecule has 0 saturated carbocycles. The van der Waals surface area contributed by atoms with Crippen LogP contribution in [0, 0.1) is 17.8 Å². The molecule has 1 fully saturated rings. The van der Waals surface area contributed by atoms with Crippen molar-refractivity contribution >= 4 is 23.5 Å². The summed E-state index contributed by atoms with van der Waals surface area (Å²) in [7, 11) is 0. The number of fused-ring (bicyclic) bond motifs is 1. The van der Waals surface area contributed by atoms with Crippen molar-refractivity contribution in [3.8, 4) is 5.75 Å². The van der Waals surface area contributed by atoms with Crippen molar-refractivity contribution in [3.63, 3.8) is 0 Å². The van der Waals surface area contributed by atoms with E-state index in [1.807, 2.05) is 79.7 Å². The highest BCUT2D eigenvalue weighted by Gasteiger charge is 2.50. The minimum absolute atomic E-state index is 0.0127. The Morgan fingerprint density at radius 3 is 2.15 bits per heavy atom. The molecule has 0 spiro atoms. The van der Waals surface area contributed by atoms with Crippen LogP contribution < -0.4 is 9.64 Å². The Morgan fingerprint density at radius 1 is 0.882 bits per heavy atom. The number of amides is 2. The van der Waals surface area contributed by atoms with Gasteiger partial charge in [0.25, 0.3) is 0 Å². The van der Waals surface area contributed by atoms with Gasteiger partial charge < -0.3 is 4.74 Å². The highest BCUT2D eigenvalue weighted by atomic mass is 16.5. The number of rotatable bonds is 5. The lowest BCUT2D eigenvalue weighted by atomic mass is 9.78. The normalized spacial score (nSPS) is 21.6. The van der Waals surface area contributed by atoms with Gasteiger partial charge in [0.1, 0.15) is 11.7 Å². The van der Waals surface area contributed by atoms with Crippen LogP contribution >= 0.6 is 0 Å². The van der Waals surface area contributed by atoms with Crippen LogP contribution in [0.4, 0.5) is 5.69 Å². The largest absolute Gasteiger partial charge is 0.426 e. The lowest BCUT2D eigenvalue weighted by Gasteiger charge is -2.22. The number of allylic oxidation sites excluding steroid dienone is 2. The maximum Gasteiger partial charge on any atom is 0.323 e. The monoisotopic (exact) mass is 451 g/mol. The number of imide groups is 1. The third kappa shape index (κ3) is 3.94. The molecule has 5 heteroatoms. The van der Waals surface area contributed by atoms with E-state index >= 15 is 0 Å². The summed E-state index contributed by atoms with van der Waals surface area (Å²) in [6.45, 7) is 1.97. The van der Waals surface area contributed by atoms with Gasteiger partial charge in [-0.05, 0) is 35.6 Å². The molecule has 3 atom stereocenters. The lowest BCUT2D eigenvalue weighted by Crippen LogP contribution is -2.31. The summed E-state index contributed by atoms with van der Waals surface area (Å²) in [6, 6.07) is 25.6. The average Bonchev–Trinajstić information content (AvgIpc) is 3.11. The van der Waals surface area contributed by atoms with Gasteiger partial charge in [-0.2, -0.15) is 0 Å². The van der Waals surface area contributed by atoms with Crippen LogP contribution in [0.15, 0.2) is 97.1 Å². The van der Waals surface area contributed by atoms with Crippen LogP contribution in [0.3, 0.4) is 0 Å². The molecule has 5 rings (SSSR count). The van der Waals surface area contributed by atoms with Crippen molar-refractivity contribution in [2.75, 3.05) is 4.90 Å². The third-order valence-corrected chi connectivity index (χ3v) is 6.67. The van der Waals surface area contributed by atoms with Gasteiger partial charge in [0.15, 0.2) is 0 Å². The molecule has 170 valence electrons. The number of hydrogen-bond acceptors (Lipinski definition) is 4. The highest BCUT2D eigenvalue weighted by Crippen LogP contribution is 2.41. The minimum atomic E-state index is -0.601. The zero-order valence-electron chi connectivity index (χ0n) is 18.8. The van der Waals surface area contributed by atoms with Crippen molar-refractivity contribution in [1.29, 1.82) is 0 Å². The Labute approximate surface area is 198 Å². The minimum Gasteiger partial charge on any atom is -0.426 e. The molecule has 3 aromatic carbocycles. The van der Waals surface area contributed by atoms with Crippen LogP contribution in [-0.2, 0) is 14.4 Å². The molecule has 1 aliphatic carbocycles. The number of hydrogen-bond donors (Lipinski definition) is 0. The number of ether oxygens (including phenoxy) is 1. The van der Waals surface area contributed by atoms with Gasteiger partial charge in [0.05, 0.1) is 17.5 Å². The Morgan fingerprint density at radius 2 is 1.53 bits per heavy atom. The predicted octanol–water partition coefficient (Wildman–Crippen LogP) is 5.13. The van der Waals surface area contributed by atoms with Crippen molar-refractivity contribution in [3.05, 3.63) is 108 Å². The van der Waals surface area contributed by atoms with Gasteiger partial charge in [-0.3, -0.25) is 14.4 Å². The van der Waals surface area contributed by atoms with Gasteiger partial charge >= 0.3 is 5.97 Å². The highest BCUT2D eigenvalue weighted by molar-refractivity contribution is 6.22. The number of benzene rings is 3. The molecule has 1 saturated heterocycles. The average molecular weight is 452 g/mol. The van der Waals surface area contributed by atoms with E-state index in [9.17, 15) is 14.4 Å². The van der Waals surface area contributed by atoms with Crippen molar-refractivity contribution in [2.24, 2.45) is 17.8 Å². The molecule has 1 heterocycles.